The first-order chi connectivity index (χ1) is 56.6. The maximum atomic E-state index is 5.91. The van der Waals surface area contributed by atoms with E-state index < -0.39 is 0 Å². The summed E-state index contributed by atoms with van der Waals surface area (Å²) in [4.78, 5) is 46.0. The minimum absolute atomic E-state index is 0. The molecule has 584 valence electrons. The van der Waals surface area contributed by atoms with Crippen molar-refractivity contribution < 1.29 is 39.0 Å². The van der Waals surface area contributed by atoms with Crippen LogP contribution in [0.1, 0.15) is 187 Å². The summed E-state index contributed by atoms with van der Waals surface area (Å²) in [6.45, 7) is 44.5. The summed E-state index contributed by atoms with van der Waals surface area (Å²) in [5.74, 6) is 0. The SMILES string of the molecule is C=CCC(CC=C)(CC=C)c1ccc(-c2c3nc(c(-c4cc(C(C)(C)C)cc(C(C)(C)C)c4)c4ccc([n-]4)c(-c4ccc(-c5c6nc(c(-c7ccc(C)cc7)c7ccc([n-]7)c(-c7ccccc7)c7nc(c(-c8ccc(C)cc8)c8ccc5[n-]8)C=C7)C=C6)cc4)c4nc(c(-c5cc(C(C)(C)C)cc(C(C)(C)C)c5)c5ccc2[n-]5)C=C4)C=C3)cc1.[Zn+2].[Zn+2]. The summed E-state index contributed by atoms with van der Waals surface area (Å²) in [6, 6.07) is 77.2. The van der Waals surface area contributed by atoms with Crippen LogP contribution in [0.5, 0.6) is 0 Å². The summed E-state index contributed by atoms with van der Waals surface area (Å²) in [5, 5.41) is 0. The molecule has 4 aliphatic heterocycles. The first kappa shape index (κ1) is 83.3. The molecule has 0 saturated carbocycles. The molecule has 10 heteroatoms. The second-order valence-electron chi connectivity index (χ2n) is 36.3. The Morgan fingerprint density at radius 1 is 0.242 bits per heavy atom. The van der Waals surface area contributed by atoms with Gasteiger partial charge in [0.05, 0.1) is 45.6 Å². The number of fused-ring (bicyclic) bond motifs is 16. The van der Waals surface area contributed by atoms with E-state index in [1.807, 2.05) is 24.3 Å². The smallest absolute Gasteiger partial charge is 0.657 e. The van der Waals surface area contributed by atoms with Crippen LogP contribution in [0.3, 0.4) is 0 Å². The molecule has 0 atom stereocenters. The zero-order valence-electron chi connectivity index (χ0n) is 71.8. The van der Waals surface area contributed by atoms with Gasteiger partial charge in [-0.1, -0.05) is 325 Å². The minimum Gasteiger partial charge on any atom is -0.657 e. The van der Waals surface area contributed by atoms with E-state index in [0.29, 0.717) is 0 Å². The summed E-state index contributed by atoms with van der Waals surface area (Å²) < 4.78 is 0. The molecule has 0 spiro atoms. The number of nitrogens with zero attached hydrogens (tertiary/aromatic N) is 8. The fraction of sp³-hybridized carbons (Fsp3) is 0.200. The first-order valence-corrected chi connectivity index (χ1v) is 41.3. The quantitative estimate of drug-likeness (QED) is 0.0738. The largest absolute Gasteiger partial charge is 2.00 e. The Kier molecular flexibility index (Phi) is 22.7. The van der Waals surface area contributed by atoms with E-state index >= 15 is 0 Å². The van der Waals surface area contributed by atoms with E-state index in [9.17, 15) is 0 Å². The molecule has 120 heavy (non-hydrogen) atoms. The maximum Gasteiger partial charge on any atom is 2.00 e. The predicted octanol–water partition coefficient (Wildman–Crippen LogP) is 28.2. The van der Waals surface area contributed by atoms with E-state index in [2.05, 4.69) is 372 Å². The van der Waals surface area contributed by atoms with Gasteiger partial charge < -0.3 is 19.9 Å². The van der Waals surface area contributed by atoms with Gasteiger partial charge in [-0.25, -0.2) is 19.9 Å². The van der Waals surface area contributed by atoms with Gasteiger partial charge in [-0.15, -0.1) is 63.9 Å². The van der Waals surface area contributed by atoms with Gasteiger partial charge in [0.2, 0.25) is 0 Å². The molecule has 7 aromatic carbocycles. The van der Waals surface area contributed by atoms with E-state index in [4.69, 9.17) is 39.9 Å². The van der Waals surface area contributed by atoms with E-state index in [1.165, 1.54) is 27.8 Å². The van der Waals surface area contributed by atoms with Crippen LogP contribution in [0.15, 0.2) is 250 Å². The standard InChI is InChI=1S/C110H100N8.2Zn/c1-18-58-110(59-19-2,60-20-3)77-40-38-74(39-41-77)103-92-52-56-96(117-92)104(75-61-78(106(6,7)8)65-79(62-75)107(9,10)11)94-54-50-90(115-94)102(91-51-55-95(116-91)105(97-57-53-93(103)118-97)76-63-80(108(12,13)14)66-81(64-76)109(15,16)17)73-36-34-72(35-37-73)101-88-48-46-86(113-88)99(70-30-26-67(4)27-31-70)84-44-42-82(111-84)98(69-24-22-21-23-25-69)83-43-45-85(112-83)100(87-47-49-89(101)114-87)71-32-28-68(5)29-33-71;;/h18-57,61-66H,1-3,58-60H2,4-17H3;;/q-4;2*+2. The number of aromatic nitrogens is 8. The Labute approximate surface area is 733 Å². The summed E-state index contributed by atoms with van der Waals surface area (Å²) >= 11 is 0. The van der Waals surface area contributed by atoms with Crippen molar-refractivity contribution in [2.75, 3.05) is 0 Å². The molecule has 0 saturated heterocycles. The van der Waals surface area contributed by atoms with E-state index in [0.717, 1.165) is 209 Å². The van der Waals surface area contributed by atoms with Crippen molar-refractivity contribution >= 4 is 92.7 Å². The third-order valence-corrected chi connectivity index (χ3v) is 23.7. The molecule has 0 radical (unpaired) electrons. The fourth-order valence-electron chi connectivity index (χ4n) is 17.1. The molecule has 17 rings (SSSR count). The molecule has 0 unspecified atom stereocenters. The molecule has 10 heterocycles. The van der Waals surface area contributed by atoms with Gasteiger partial charge in [-0.2, -0.15) is 0 Å². The third kappa shape index (κ3) is 16.1. The average Bonchev–Trinajstić information content (AvgIpc) is 1.54. The zero-order chi connectivity index (χ0) is 82.3. The topological polar surface area (TPSA) is 108 Å². The molecule has 16 bridgehead atoms. The molecule has 0 aliphatic carbocycles. The number of allylic oxidation sites excluding steroid dienone is 3. The Balaban J connectivity index is 0.00000561. The average molecular weight is 1660 g/mol. The van der Waals surface area contributed by atoms with Crippen molar-refractivity contribution in [2.45, 2.75) is 143 Å². The Morgan fingerprint density at radius 3 is 0.658 bits per heavy atom. The number of hydrogen-bond acceptors (Lipinski definition) is 4. The number of benzene rings is 7. The second-order valence-corrected chi connectivity index (χ2v) is 36.3. The van der Waals surface area contributed by atoms with Crippen molar-refractivity contribution in [3.05, 3.63) is 335 Å². The van der Waals surface area contributed by atoms with E-state index in [-0.39, 0.29) is 66.0 Å². The summed E-state index contributed by atoms with van der Waals surface area (Å²) in [6.07, 6.45) is 25.6. The van der Waals surface area contributed by atoms with Gasteiger partial charge in [-0.3, -0.25) is 0 Å². The zero-order valence-corrected chi connectivity index (χ0v) is 77.7. The minimum atomic E-state index is -0.251. The van der Waals surface area contributed by atoms with Gasteiger partial charge in [0.1, 0.15) is 0 Å². The van der Waals surface area contributed by atoms with Crippen molar-refractivity contribution in [2.24, 2.45) is 0 Å². The second kappa shape index (κ2) is 32.7. The molecule has 0 fully saturated rings. The molecule has 4 aliphatic rings. The van der Waals surface area contributed by atoms with Gasteiger partial charge in [0.25, 0.3) is 0 Å². The Hall–Kier alpha value is -11.8. The molecule has 0 amide bonds. The molecule has 0 N–H and O–H groups in total. The van der Waals surface area contributed by atoms with Gasteiger partial charge >= 0.3 is 39.0 Å². The van der Waals surface area contributed by atoms with Crippen LogP contribution < -0.4 is 19.9 Å². The summed E-state index contributed by atoms with van der Waals surface area (Å²) in [7, 11) is 0. The van der Waals surface area contributed by atoms with Crippen molar-refractivity contribution in [1.29, 1.82) is 0 Å². The fourth-order valence-corrected chi connectivity index (χ4v) is 17.1. The third-order valence-electron chi connectivity index (χ3n) is 23.7. The van der Waals surface area contributed by atoms with Crippen LogP contribution in [0.4, 0.5) is 0 Å². The van der Waals surface area contributed by atoms with Crippen molar-refractivity contribution in [3.8, 4) is 89.0 Å². The van der Waals surface area contributed by atoms with Crippen LogP contribution in [0.2, 0.25) is 0 Å². The van der Waals surface area contributed by atoms with Crippen LogP contribution in [0.25, 0.3) is 182 Å². The molecular weight excluding hydrogens is 1560 g/mol. The van der Waals surface area contributed by atoms with Crippen molar-refractivity contribution in [1.82, 2.24) is 39.9 Å². The summed E-state index contributed by atoms with van der Waals surface area (Å²) in [5.41, 5.74) is 35.4. The number of aryl methyl sites for hydroxylation is 2. The van der Waals surface area contributed by atoms with Crippen LogP contribution >= 0.6 is 0 Å². The predicted molar refractivity (Wildman–Crippen MR) is 501 cm³/mol. The molecule has 6 aromatic heterocycles. The Bertz CT molecular complexity index is 6510. The Morgan fingerprint density at radius 2 is 0.442 bits per heavy atom. The molecule has 8 nitrogen and oxygen atoms in total. The van der Waals surface area contributed by atoms with Crippen LogP contribution in [-0.2, 0) is 66.0 Å². The van der Waals surface area contributed by atoms with Gasteiger partial charge in [0, 0.05) is 5.41 Å². The van der Waals surface area contributed by atoms with Crippen LogP contribution in [0, 0.1) is 13.8 Å². The van der Waals surface area contributed by atoms with Crippen molar-refractivity contribution in [3.63, 3.8) is 0 Å². The van der Waals surface area contributed by atoms with Gasteiger partial charge in [-0.05, 0) is 220 Å². The maximum absolute atomic E-state index is 5.91. The number of hydrogen-bond donors (Lipinski definition) is 0. The van der Waals surface area contributed by atoms with Gasteiger partial charge in [0.15, 0.2) is 0 Å². The van der Waals surface area contributed by atoms with E-state index in [1.54, 1.807) is 0 Å². The number of rotatable bonds is 15. The monoisotopic (exact) mass is 1660 g/mol. The molecule has 13 aromatic rings. The molecular formula is C110H100N8Zn2. The van der Waals surface area contributed by atoms with Crippen LogP contribution in [-0.4, -0.2) is 19.9 Å². The normalized spacial score (nSPS) is 12.7. The first-order valence-electron chi connectivity index (χ1n) is 41.3.